The normalized spacial score (nSPS) is 12.4. The summed E-state index contributed by atoms with van der Waals surface area (Å²) in [5, 5.41) is 12.0. The number of benzene rings is 1. The summed E-state index contributed by atoms with van der Waals surface area (Å²) < 4.78 is 25.8. The fourth-order valence-electron chi connectivity index (χ4n) is 1.73. The van der Waals surface area contributed by atoms with Crippen LogP contribution in [0.1, 0.15) is 23.6 Å². The molecule has 0 aliphatic heterocycles. The lowest BCUT2D eigenvalue weighted by Crippen LogP contribution is -2.17. The molecule has 0 saturated carbocycles. The van der Waals surface area contributed by atoms with Crippen molar-refractivity contribution in [3.8, 4) is 0 Å². The highest BCUT2D eigenvalue weighted by Gasteiger charge is 2.19. The molecule has 4 nitrogen and oxygen atoms in total. The molecular weight excluding hydrogens is 288 g/mol. The Labute approximate surface area is 119 Å². The van der Waals surface area contributed by atoms with Crippen molar-refractivity contribution in [1.82, 2.24) is 9.97 Å². The van der Waals surface area contributed by atoms with Gasteiger partial charge in [-0.1, -0.05) is 30.3 Å². The van der Waals surface area contributed by atoms with E-state index in [-0.39, 0.29) is 23.3 Å². The minimum Gasteiger partial charge on any atom is -0.394 e. The molecule has 1 atom stereocenters. The minimum absolute atomic E-state index is 0.0806. The van der Waals surface area contributed by atoms with Gasteiger partial charge >= 0.3 is 0 Å². The largest absolute Gasteiger partial charge is 0.394 e. The van der Waals surface area contributed by atoms with Gasteiger partial charge in [-0.2, -0.15) is 0 Å². The zero-order valence-electron chi connectivity index (χ0n) is 10.3. The Morgan fingerprint density at radius 1 is 1.25 bits per heavy atom. The van der Waals surface area contributed by atoms with Crippen molar-refractivity contribution in [2.24, 2.45) is 0 Å². The van der Waals surface area contributed by atoms with Gasteiger partial charge in [-0.3, -0.25) is 0 Å². The molecule has 7 heteroatoms. The van der Waals surface area contributed by atoms with E-state index in [0.29, 0.717) is 0 Å². The minimum atomic E-state index is -2.73. The standard InChI is InChI=1S/C13H12ClF2N3O/c14-13-17-6-9(11(15)16)12(19-13)18-10(7-20)8-4-2-1-3-5-8/h1-6,10-11,20H,7H2,(H,17,18,19). The van der Waals surface area contributed by atoms with Gasteiger partial charge in [-0.25, -0.2) is 18.7 Å². The Morgan fingerprint density at radius 2 is 1.95 bits per heavy atom. The maximum atomic E-state index is 12.9. The van der Waals surface area contributed by atoms with Crippen molar-refractivity contribution < 1.29 is 13.9 Å². The van der Waals surface area contributed by atoms with Crippen LogP contribution in [0.3, 0.4) is 0 Å². The fourth-order valence-corrected chi connectivity index (χ4v) is 1.86. The van der Waals surface area contributed by atoms with Crippen LogP contribution in [0.2, 0.25) is 5.28 Å². The van der Waals surface area contributed by atoms with Gasteiger partial charge in [0, 0.05) is 6.20 Å². The molecule has 1 aromatic carbocycles. The number of rotatable bonds is 5. The second-order valence-corrected chi connectivity index (χ2v) is 4.37. The molecule has 0 aliphatic rings. The second-order valence-electron chi connectivity index (χ2n) is 4.03. The number of alkyl halides is 2. The molecule has 0 aliphatic carbocycles. The molecule has 0 radical (unpaired) electrons. The van der Waals surface area contributed by atoms with E-state index in [2.05, 4.69) is 15.3 Å². The molecule has 0 amide bonds. The molecule has 2 rings (SSSR count). The molecule has 1 aromatic heterocycles. The summed E-state index contributed by atoms with van der Waals surface area (Å²) in [4.78, 5) is 7.30. The van der Waals surface area contributed by atoms with Crippen LogP contribution >= 0.6 is 11.6 Å². The van der Waals surface area contributed by atoms with Crippen molar-refractivity contribution >= 4 is 17.4 Å². The summed E-state index contributed by atoms with van der Waals surface area (Å²) in [5.74, 6) is -0.0806. The SMILES string of the molecule is OCC(Nc1nc(Cl)ncc1C(F)F)c1ccccc1. The number of aliphatic hydroxyl groups excluding tert-OH is 1. The van der Waals surface area contributed by atoms with E-state index in [1.54, 1.807) is 24.3 Å². The molecule has 2 N–H and O–H groups in total. The lowest BCUT2D eigenvalue weighted by molar-refractivity contribution is 0.151. The third-order valence-electron chi connectivity index (χ3n) is 2.72. The number of nitrogens with one attached hydrogen (secondary N) is 1. The zero-order chi connectivity index (χ0) is 14.5. The van der Waals surface area contributed by atoms with Gasteiger partial charge in [0.2, 0.25) is 5.28 Å². The maximum Gasteiger partial charge on any atom is 0.268 e. The van der Waals surface area contributed by atoms with Gasteiger partial charge in [-0.15, -0.1) is 0 Å². The monoisotopic (exact) mass is 299 g/mol. The lowest BCUT2D eigenvalue weighted by atomic mass is 10.1. The summed E-state index contributed by atoms with van der Waals surface area (Å²) in [6.45, 7) is -0.270. The van der Waals surface area contributed by atoms with Crippen molar-refractivity contribution in [1.29, 1.82) is 0 Å². The first-order chi connectivity index (χ1) is 9.61. The lowest BCUT2D eigenvalue weighted by Gasteiger charge is -2.19. The number of hydrogen-bond acceptors (Lipinski definition) is 4. The smallest absolute Gasteiger partial charge is 0.268 e. The van der Waals surface area contributed by atoms with Crippen molar-refractivity contribution in [3.05, 3.63) is 52.9 Å². The molecule has 1 unspecified atom stereocenters. The summed E-state index contributed by atoms with van der Waals surface area (Å²) in [6, 6.07) is 8.41. The molecular formula is C13H12ClF2N3O. The molecule has 0 saturated heterocycles. The van der Waals surface area contributed by atoms with Crippen LogP contribution in [0.15, 0.2) is 36.5 Å². The average Bonchev–Trinajstić information content (AvgIpc) is 2.45. The van der Waals surface area contributed by atoms with E-state index >= 15 is 0 Å². The van der Waals surface area contributed by atoms with Crippen LogP contribution in [-0.2, 0) is 0 Å². The predicted molar refractivity (Wildman–Crippen MR) is 71.9 cm³/mol. The number of aromatic nitrogens is 2. The summed E-state index contributed by atoms with van der Waals surface area (Å²) in [7, 11) is 0. The summed E-state index contributed by atoms with van der Waals surface area (Å²) >= 11 is 5.62. The quantitative estimate of drug-likeness (QED) is 0.832. The number of halogens is 3. The first-order valence-corrected chi connectivity index (χ1v) is 6.22. The Bertz CT molecular complexity index is 569. The molecule has 2 aromatic rings. The van der Waals surface area contributed by atoms with E-state index in [1.165, 1.54) is 0 Å². The first-order valence-electron chi connectivity index (χ1n) is 5.84. The van der Waals surface area contributed by atoms with E-state index < -0.39 is 12.5 Å². The van der Waals surface area contributed by atoms with E-state index in [9.17, 15) is 13.9 Å². The van der Waals surface area contributed by atoms with Crippen LogP contribution in [0.25, 0.3) is 0 Å². The van der Waals surface area contributed by atoms with Crippen molar-refractivity contribution in [2.45, 2.75) is 12.5 Å². The third kappa shape index (κ3) is 3.40. The molecule has 20 heavy (non-hydrogen) atoms. The van der Waals surface area contributed by atoms with E-state index in [0.717, 1.165) is 11.8 Å². The highest BCUT2D eigenvalue weighted by Crippen LogP contribution is 2.28. The van der Waals surface area contributed by atoms with Crippen LogP contribution in [0.4, 0.5) is 14.6 Å². The number of aliphatic hydroxyl groups is 1. The van der Waals surface area contributed by atoms with Crippen molar-refractivity contribution in [3.63, 3.8) is 0 Å². The van der Waals surface area contributed by atoms with E-state index in [4.69, 9.17) is 11.6 Å². The maximum absolute atomic E-state index is 12.9. The molecule has 106 valence electrons. The average molecular weight is 300 g/mol. The fraction of sp³-hybridized carbons (Fsp3) is 0.231. The Balaban J connectivity index is 2.30. The van der Waals surface area contributed by atoms with Crippen LogP contribution in [0.5, 0.6) is 0 Å². The van der Waals surface area contributed by atoms with Crippen LogP contribution < -0.4 is 5.32 Å². The van der Waals surface area contributed by atoms with Crippen molar-refractivity contribution in [2.75, 3.05) is 11.9 Å². The predicted octanol–water partition coefficient (Wildman–Crippen LogP) is 3.21. The van der Waals surface area contributed by atoms with Crippen LogP contribution in [-0.4, -0.2) is 21.7 Å². The van der Waals surface area contributed by atoms with Gasteiger partial charge in [0.1, 0.15) is 5.82 Å². The number of hydrogen-bond donors (Lipinski definition) is 2. The Kier molecular flexibility index (Phi) is 4.81. The molecule has 0 spiro atoms. The number of nitrogens with zero attached hydrogens (tertiary/aromatic N) is 2. The zero-order valence-corrected chi connectivity index (χ0v) is 11.1. The molecule has 1 heterocycles. The first kappa shape index (κ1) is 14.6. The second kappa shape index (κ2) is 6.58. The van der Waals surface area contributed by atoms with E-state index in [1.807, 2.05) is 6.07 Å². The van der Waals surface area contributed by atoms with Gasteiger partial charge in [0.25, 0.3) is 6.43 Å². The Morgan fingerprint density at radius 3 is 2.55 bits per heavy atom. The van der Waals surface area contributed by atoms with Gasteiger partial charge < -0.3 is 10.4 Å². The molecule has 0 fully saturated rings. The highest BCUT2D eigenvalue weighted by molar-refractivity contribution is 6.28. The summed E-state index contributed by atoms with van der Waals surface area (Å²) in [6.07, 6.45) is -1.76. The highest BCUT2D eigenvalue weighted by atomic mass is 35.5. The van der Waals surface area contributed by atoms with Gasteiger partial charge in [0.05, 0.1) is 18.2 Å². The van der Waals surface area contributed by atoms with Gasteiger partial charge in [0.15, 0.2) is 0 Å². The Hall–Kier alpha value is -1.79. The molecule has 0 bridgehead atoms. The third-order valence-corrected chi connectivity index (χ3v) is 2.90. The topological polar surface area (TPSA) is 58.0 Å². The van der Waals surface area contributed by atoms with Crippen LogP contribution in [0, 0.1) is 0 Å². The number of anilines is 1. The summed E-state index contributed by atoms with van der Waals surface area (Å²) in [5.41, 5.74) is 0.397. The van der Waals surface area contributed by atoms with Gasteiger partial charge in [-0.05, 0) is 17.2 Å².